The van der Waals surface area contributed by atoms with Crippen LogP contribution < -0.4 is 5.32 Å². The molecule has 0 fully saturated rings. The number of nitrogens with one attached hydrogen (secondary N) is 1. The van der Waals surface area contributed by atoms with Gasteiger partial charge in [-0.1, -0.05) is 0 Å². The minimum absolute atomic E-state index is 0.192. The Bertz CT molecular complexity index is 626. The van der Waals surface area contributed by atoms with E-state index in [1.54, 1.807) is 0 Å². The van der Waals surface area contributed by atoms with Crippen LogP contribution in [0.5, 0.6) is 0 Å². The van der Waals surface area contributed by atoms with E-state index in [0.29, 0.717) is 5.69 Å². The molecule has 0 bridgehead atoms. The van der Waals surface area contributed by atoms with Crippen molar-refractivity contribution in [1.29, 1.82) is 0 Å². The lowest BCUT2D eigenvalue weighted by Crippen LogP contribution is -2.18. The Morgan fingerprint density at radius 2 is 1.84 bits per heavy atom. The second kappa shape index (κ2) is 5.26. The van der Waals surface area contributed by atoms with Crippen LogP contribution in [0.15, 0.2) is 42.6 Å². The first kappa shape index (κ1) is 12.7. The van der Waals surface area contributed by atoms with Gasteiger partial charge in [-0.15, -0.1) is 0 Å². The van der Waals surface area contributed by atoms with Gasteiger partial charge in [-0.05, 0) is 36.4 Å². The Labute approximate surface area is 107 Å². The molecule has 0 saturated heterocycles. The van der Waals surface area contributed by atoms with Crippen molar-refractivity contribution in [3.63, 3.8) is 0 Å². The van der Waals surface area contributed by atoms with Gasteiger partial charge in [-0.25, -0.2) is 9.18 Å². The minimum atomic E-state index is -1.24. The van der Waals surface area contributed by atoms with Crippen LogP contribution in [0.25, 0.3) is 0 Å². The van der Waals surface area contributed by atoms with Crippen LogP contribution in [0.3, 0.4) is 0 Å². The van der Waals surface area contributed by atoms with Gasteiger partial charge in [-0.2, -0.15) is 0 Å². The predicted octanol–water partition coefficient (Wildman–Crippen LogP) is 2.17. The summed E-state index contributed by atoms with van der Waals surface area (Å²) in [7, 11) is 0. The fourth-order valence-electron chi connectivity index (χ4n) is 1.48. The van der Waals surface area contributed by atoms with E-state index in [4.69, 9.17) is 5.11 Å². The predicted molar refractivity (Wildman–Crippen MR) is 65.5 cm³/mol. The first-order chi connectivity index (χ1) is 9.08. The van der Waals surface area contributed by atoms with Crippen LogP contribution in [-0.2, 0) is 0 Å². The molecule has 6 heteroatoms. The summed E-state index contributed by atoms with van der Waals surface area (Å²) in [6.07, 6.45) is 1.33. The molecule has 0 aliphatic heterocycles. The topological polar surface area (TPSA) is 79.3 Å². The Balaban J connectivity index is 2.25. The second-order valence-corrected chi connectivity index (χ2v) is 3.67. The Kier molecular flexibility index (Phi) is 3.51. The summed E-state index contributed by atoms with van der Waals surface area (Å²) in [6.45, 7) is 0. The summed E-state index contributed by atoms with van der Waals surface area (Å²) in [4.78, 5) is 26.6. The number of aromatic nitrogens is 1. The SMILES string of the molecule is O=C(O)c1cccnc1C(=O)Nc1ccc(F)cc1. The summed E-state index contributed by atoms with van der Waals surface area (Å²) in [6, 6.07) is 7.83. The first-order valence-electron chi connectivity index (χ1n) is 5.33. The van der Waals surface area contributed by atoms with Crippen molar-refractivity contribution in [2.45, 2.75) is 0 Å². The number of aromatic carboxylic acids is 1. The molecule has 96 valence electrons. The number of pyridine rings is 1. The van der Waals surface area contributed by atoms with E-state index in [-0.39, 0.29) is 11.3 Å². The van der Waals surface area contributed by atoms with E-state index in [1.807, 2.05) is 0 Å². The molecule has 5 nitrogen and oxygen atoms in total. The van der Waals surface area contributed by atoms with Crippen LogP contribution in [0.4, 0.5) is 10.1 Å². The Morgan fingerprint density at radius 1 is 1.16 bits per heavy atom. The molecular weight excluding hydrogens is 251 g/mol. The van der Waals surface area contributed by atoms with E-state index < -0.39 is 17.7 Å². The van der Waals surface area contributed by atoms with Gasteiger partial charge in [0.2, 0.25) is 0 Å². The number of hydrogen-bond acceptors (Lipinski definition) is 3. The molecular formula is C13H9FN2O3. The number of nitrogens with zero attached hydrogens (tertiary/aromatic N) is 1. The second-order valence-electron chi connectivity index (χ2n) is 3.67. The summed E-state index contributed by atoms with van der Waals surface area (Å²) < 4.78 is 12.7. The van der Waals surface area contributed by atoms with E-state index in [9.17, 15) is 14.0 Å². The highest BCUT2D eigenvalue weighted by Gasteiger charge is 2.17. The molecule has 0 aliphatic carbocycles. The van der Waals surface area contributed by atoms with Gasteiger partial charge in [0, 0.05) is 11.9 Å². The fourth-order valence-corrected chi connectivity index (χ4v) is 1.48. The summed E-state index contributed by atoms with van der Waals surface area (Å²) in [5, 5.41) is 11.4. The molecule has 0 unspecified atom stereocenters. The molecule has 19 heavy (non-hydrogen) atoms. The molecule has 1 aromatic carbocycles. The molecule has 2 rings (SSSR count). The largest absolute Gasteiger partial charge is 0.478 e. The number of benzene rings is 1. The Morgan fingerprint density at radius 3 is 2.47 bits per heavy atom. The zero-order valence-corrected chi connectivity index (χ0v) is 9.63. The maximum atomic E-state index is 12.7. The summed E-state index contributed by atoms with van der Waals surface area (Å²) in [5.74, 6) is -2.33. The highest BCUT2D eigenvalue weighted by atomic mass is 19.1. The number of hydrogen-bond donors (Lipinski definition) is 2. The quantitative estimate of drug-likeness (QED) is 0.886. The lowest BCUT2D eigenvalue weighted by molar-refractivity contribution is 0.0691. The van der Waals surface area contributed by atoms with Crippen LogP contribution >= 0.6 is 0 Å². The van der Waals surface area contributed by atoms with Gasteiger partial charge in [0.1, 0.15) is 11.5 Å². The lowest BCUT2D eigenvalue weighted by atomic mass is 10.2. The monoisotopic (exact) mass is 260 g/mol. The maximum absolute atomic E-state index is 12.7. The summed E-state index contributed by atoms with van der Waals surface area (Å²) >= 11 is 0. The number of carboxylic acid groups (broad SMARTS) is 1. The standard InChI is InChI=1S/C13H9FN2O3/c14-8-3-5-9(6-4-8)16-12(17)11-10(13(18)19)2-1-7-15-11/h1-7H,(H,16,17)(H,18,19). The average Bonchev–Trinajstić information content (AvgIpc) is 2.41. The summed E-state index contributed by atoms with van der Waals surface area (Å²) in [5.41, 5.74) is -0.0326. The number of amides is 1. The van der Waals surface area contributed by atoms with Gasteiger partial charge in [0.15, 0.2) is 0 Å². The molecule has 0 spiro atoms. The first-order valence-corrected chi connectivity index (χ1v) is 5.33. The van der Waals surface area contributed by atoms with Gasteiger partial charge in [0.25, 0.3) is 5.91 Å². The molecule has 0 saturated carbocycles. The molecule has 2 N–H and O–H groups in total. The van der Waals surface area contributed by atoms with E-state index in [0.717, 1.165) is 0 Å². The molecule has 0 aliphatic rings. The van der Waals surface area contributed by atoms with Gasteiger partial charge in [-0.3, -0.25) is 9.78 Å². The van der Waals surface area contributed by atoms with Crippen LogP contribution in [0.1, 0.15) is 20.8 Å². The third kappa shape index (κ3) is 2.92. The van der Waals surface area contributed by atoms with Crippen LogP contribution in [-0.4, -0.2) is 22.0 Å². The van der Waals surface area contributed by atoms with Crippen LogP contribution in [0.2, 0.25) is 0 Å². The third-order valence-electron chi connectivity index (χ3n) is 2.36. The number of rotatable bonds is 3. The Hall–Kier alpha value is -2.76. The molecule has 1 amide bonds. The van der Waals surface area contributed by atoms with Gasteiger partial charge in [0.05, 0.1) is 5.56 Å². The van der Waals surface area contributed by atoms with Crippen molar-refractivity contribution in [3.8, 4) is 0 Å². The van der Waals surface area contributed by atoms with Crippen molar-refractivity contribution >= 4 is 17.6 Å². The van der Waals surface area contributed by atoms with E-state index in [1.165, 1.54) is 42.6 Å². The lowest BCUT2D eigenvalue weighted by Gasteiger charge is -2.06. The van der Waals surface area contributed by atoms with Crippen molar-refractivity contribution in [1.82, 2.24) is 4.98 Å². The molecule has 0 radical (unpaired) electrons. The fraction of sp³-hybridized carbons (Fsp3) is 0. The smallest absolute Gasteiger partial charge is 0.338 e. The number of carbonyl (C=O) groups is 2. The zero-order valence-electron chi connectivity index (χ0n) is 9.63. The number of halogens is 1. The van der Waals surface area contributed by atoms with E-state index in [2.05, 4.69) is 10.3 Å². The van der Waals surface area contributed by atoms with Crippen molar-refractivity contribution in [2.75, 3.05) is 5.32 Å². The highest BCUT2D eigenvalue weighted by molar-refractivity contribution is 6.09. The van der Waals surface area contributed by atoms with Gasteiger partial charge >= 0.3 is 5.97 Å². The molecule has 0 atom stereocenters. The van der Waals surface area contributed by atoms with Gasteiger partial charge < -0.3 is 10.4 Å². The number of carboxylic acids is 1. The van der Waals surface area contributed by atoms with Crippen molar-refractivity contribution < 1.29 is 19.1 Å². The minimum Gasteiger partial charge on any atom is -0.478 e. The van der Waals surface area contributed by atoms with Crippen molar-refractivity contribution in [3.05, 3.63) is 59.7 Å². The zero-order chi connectivity index (χ0) is 13.8. The van der Waals surface area contributed by atoms with Crippen molar-refractivity contribution in [2.24, 2.45) is 0 Å². The third-order valence-corrected chi connectivity index (χ3v) is 2.36. The van der Waals surface area contributed by atoms with E-state index >= 15 is 0 Å². The highest BCUT2D eigenvalue weighted by Crippen LogP contribution is 2.12. The number of anilines is 1. The normalized spacial score (nSPS) is 9.95. The maximum Gasteiger partial charge on any atom is 0.338 e. The van der Waals surface area contributed by atoms with Crippen LogP contribution in [0, 0.1) is 5.82 Å². The molecule has 1 aromatic heterocycles. The molecule has 2 aromatic rings. The average molecular weight is 260 g/mol. The number of carbonyl (C=O) groups excluding carboxylic acids is 1. The molecule has 1 heterocycles.